The maximum Gasteiger partial charge on any atom is 0.407 e. The number of ether oxygens (including phenoxy) is 1. The quantitative estimate of drug-likeness (QED) is 0.839. The lowest BCUT2D eigenvalue weighted by Gasteiger charge is -2.19. The van der Waals surface area contributed by atoms with E-state index in [1.807, 2.05) is 32.9 Å². The molecule has 122 valence electrons. The topological polar surface area (TPSA) is 84.1 Å². The van der Waals surface area contributed by atoms with E-state index in [0.29, 0.717) is 5.39 Å². The molecule has 1 aromatic heterocycles. The first-order chi connectivity index (χ1) is 10.7. The second-order valence-electron chi connectivity index (χ2n) is 6.72. The minimum atomic E-state index is -0.526. The number of hydrogen-bond donors (Lipinski definition) is 2. The van der Waals surface area contributed by atoms with Crippen LogP contribution in [0.25, 0.3) is 10.8 Å². The van der Waals surface area contributed by atoms with Gasteiger partial charge < -0.3 is 10.1 Å². The van der Waals surface area contributed by atoms with Crippen molar-refractivity contribution in [3.8, 4) is 0 Å². The molecule has 0 bridgehead atoms. The number of nitrogens with zero attached hydrogens (tertiary/aromatic N) is 1. The zero-order chi connectivity index (χ0) is 16.8. The van der Waals surface area contributed by atoms with Crippen LogP contribution in [-0.2, 0) is 4.74 Å². The van der Waals surface area contributed by atoms with Crippen LogP contribution in [0.5, 0.6) is 0 Å². The van der Waals surface area contributed by atoms with Crippen LogP contribution < -0.4 is 10.9 Å². The molecule has 7 heteroatoms. The molecular weight excluding hydrogens is 362 g/mol. The zero-order valence-electron chi connectivity index (χ0n) is 13.1. The van der Waals surface area contributed by atoms with E-state index in [4.69, 9.17) is 4.74 Å². The number of hydrogen-bond acceptors (Lipinski definition) is 4. The fourth-order valence-corrected chi connectivity index (χ4v) is 2.92. The molecule has 1 aromatic carbocycles. The van der Waals surface area contributed by atoms with Gasteiger partial charge in [-0.2, -0.15) is 5.10 Å². The molecule has 1 heterocycles. The Morgan fingerprint density at radius 2 is 2.13 bits per heavy atom. The van der Waals surface area contributed by atoms with Gasteiger partial charge in [0, 0.05) is 21.8 Å². The predicted octanol–water partition coefficient (Wildman–Crippen LogP) is 3.07. The Balaban J connectivity index is 1.81. The van der Waals surface area contributed by atoms with Crippen molar-refractivity contribution in [1.82, 2.24) is 15.5 Å². The second-order valence-corrected chi connectivity index (χ2v) is 7.64. The summed E-state index contributed by atoms with van der Waals surface area (Å²) in [5, 5.41) is 11.0. The number of benzene rings is 1. The highest BCUT2D eigenvalue weighted by atomic mass is 79.9. The van der Waals surface area contributed by atoms with Crippen LogP contribution >= 0.6 is 15.9 Å². The SMILES string of the molecule is CC(C)(C)OC(=O)NC1CC1c1n[nH]c(=O)c2ccc(Br)cc12. The number of aromatic nitrogens is 2. The van der Waals surface area contributed by atoms with E-state index in [9.17, 15) is 9.59 Å². The van der Waals surface area contributed by atoms with Crippen LogP contribution in [0.4, 0.5) is 4.79 Å². The lowest BCUT2D eigenvalue weighted by molar-refractivity contribution is 0.0522. The molecule has 1 fully saturated rings. The fourth-order valence-electron chi connectivity index (χ4n) is 2.56. The van der Waals surface area contributed by atoms with Gasteiger partial charge in [-0.3, -0.25) is 4.79 Å². The fraction of sp³-hybridized carbons (Fsp3) is 0.438. The van der Waals surface area contributed by atoms with Crippen LogP contribution in [0, 0.1) is 0 Å². The van der Waals surface area contributed by atoms with Crippen molar-refractivity contribution in [2.24, 2.45) is 0 Å². The number of H-pyrrole nitrogens is 1. The molecule has 23 heavy (non-hydrogen) atoms. The third kappa shape index (κ3) is 3.55. The van der Waals surface area contributed by atoms with Crippen LogP contribution in [-0.4, -0.2) is 27.9 Å². The van der Waals surface area contributed by atoms with Gasteiger partial charge in [-0.25, -0.2) is 9.89 Å². The number of aromatic amines is 1. The van der Waals surface area contributed by atoms with Crippen molar-refractivity contribution in [2.45, 2.75) is 44.8 Å². The first-order valence-corrected chi connectivity index (χ1v) is 8.21. The van der Waals surface area contributed by atoms with Crippen LogP contribution in [0.15, 0.2) is 27.5 Å². The number of amides is 1. The van der Waals surface area contributed by atoms with Crippen LogP contribution in [0.3, 0.4) is 0 Å². The summed E-state index contributed by atoms with van der Waals surface area (Å²) in [5.74, 6) is 0.0798. The number of fused-ring (bicyclic) bond motifs is 1. The largest absolute Gasteiger partial charge is 0.444 e. The molecule has 1 aliphatic rings. The number of halogens is 1. The van der Waals surface area contributed by atoms with Gasteiger partial charge in [0.15, 0.2) is 0 Å². The number of nitrogens with one attached hydrogen (secondary N) is 2. The molecule has 0 spiro atoms. The highest BCUT2D eigenvalue weighted by Gasteiger charge is 2.42. The maximum absolute atomic E-state index is 11.9. The van der Waals surface area contributed by atoms with E-state index in [-0.39, 0.29) is 17.5 Å². The Hall–Kier alpha value is -1.89. The average molecular weight is 380 g/mol. The first-order valence-electron chi connectivity index (χ1n) is 7.42. The summed E-state index contributed by atoms with van der Waals surface area (Å²) in [7, 11) is 0. The van der Waals surface area contributed by atoms with Crippen molar-refractivity contribution < 1.29 is 9.53 Å². The molecule has 2 atom stereocenters. The van der Waals surface area contributed by atoms with E-state index in [1.165, 1.54) is 0 Å². The molecule has 2 N–H and O–H groups in total. The standard InChI is InChI=1S/C16H18BrN3O3/c1-16(2,3)23-15(22)18-12-7-11(12)13-10-6-8(17)4-5-9(10)14(21)20-19-13/h4-6,11-12H,7H2,1-3H3,(H,18,22)(H,20,21). The molecule has 1 saturated carbocycles. The van der Waals surface area contributed by atoms with E-state index >= 15 is 0 Å². The monoisotopic (exact) mass is 379 g/mol. The molecule has 0 radical (unpaired) electrons. The minimum Gasteiger partial charge on any atom is -0.444 e. The number of carbonyl (C=O) groups excluding carboxylic acids is 1. The summed E-state index contributed by atoms with van der Waals surface area (Å²) < 4.78 is 6.15. The lowest BCUT2D eigenvalue weighted by atomic mass is 10.1. The maximum atomic E-state index is 11.9. The predicted molar refractivity (Wildman–Crippen MR) is 90.6 cm³/mol. The van der Waals surface area contributed by atoms with Gasteiger partial charge in [-0.15, -0.1) is 0 Å². The van der Waals surface area contributed by atoms with Crippen molar-refractivity contribution in [2.75, 3.05) is 0 Å². The first kappa shape index (κ1) is 16.0. The second kappa shape index (κ2) is 5.63. The van der Waals surface area contributed by atoms with Gasteiger partial charge in [0.2, 0.25) is 0 Å². The van der Waals surface area contributed by atoms with Crippen molar-refractivity contribution in [3.05, 3.63) is 38.7 Å². The third-order valence-electron chi connectivity index (χ3n) is 3.62. The number of alkyl carbamates (subject to hydrolysis) is 1. The normalized spacial score (nSPS) is 20.3. The van der Waals surface area contributed by atoms with Gasteiger partial charge in [-0.1, -0.05) is 15.9 Å². The van der Waals surface area contributed by atoms with Gasteiger partial charge in [-0.05, 0) is 45.4 Å². The van der Waals surface area contributed by atoms with Gasteiger partial charge >= 0.3 is 6.09 Å². The van der Waals surface area contributed by atoms with Gasteiger partial charge in [0.05, 0.1) is 11.1 Å². The molecule has 3 rings (SSSR count). The van der Waals surface area contributed by atoms with E-state index in [0.717, 1.165) is 22.0 Å². The Morgan fingerprint density at radius 1 is 1.39 bits per heavy atom. The number of rotatable bonds is 2. The highest BCUT2D eigenvalue weighted by molar-refractivity contribution is 9.10. The van der Waals surface area contributed by atoms with Crippen LogP contribution in [0.2, 0.25) is 0 Å². The van der Waals surface area contributed by atoms with Crippen molar-refractivity contribution in [3.63, 3.8) is 0 Å². The molecule has 1 aliphatic carbocycles. The Bertz CT molecular complexity index is 825. The summed E-state index contributed by atoms with van der Waals surface area (Å²) in [4.78, 5) is 23.7. The molecule has 0 saturated heterocycles. The molecule has 2 unspecified atom stereocenters. The summed E-state index contributed by atoms with van der Waals surface area (Å²) >= 11 is 3.42. The van der Waals surface area contributed by atoms with E-state index in [2.05, 4.69) is 31.4 Å². The summed E-state index contributed by atoms with van der Waals surface area (Å²) in [6, 6.07) is 5.45. The summed E-state index contributed by atoms with van der Waals surface area (Å²) in [6.07, 6.45) is 0.347. The molecular formula is C16H18BrN3O3. The van der Waals surface area contributed by atoms with Gasteiger partial charge in [0.1, 0.15) is 5.60 Å². The minimum absolute atomic E-state index is 0.0227. The van der Waals surface area contributed by atoms with Crippen molar-refractivity contribution >= 4 is 32.8 Å². The Kier molecular flexibility index (Phi) is 3.91. The summed E-state index contributed by atoms with van der Waals surface area (Å²) in [6.45, 7) is 5.47. The zero-order valence-corrected chi connectivity index (χ0v) is 14.7. The molecule has 0 aliphatic heterocycles. The van der Waals surface area contributed by atoms with E-state index < -0.39 is 11.7 Å². The number of carbonyl (C=O) groups is 1. The molecule has 1 amide bonds. The van der Waals surface area contributed by atoms with Gasteiger partial charge in [0.25, 0.3) is 5.56 Å². The lowest BCUT2D eigenvalue weighted by Crippen LogP contribution is -2.34. The highest BCUT2D eigenvalue weighted by Crippen LogP contribution is 2.42. The molecule has 6 nitrogen and oxygen atoms in total. The smallest absolute Gasteiger partial charge is 0.407 e. The summed E-state index contributed by atoms with van der Waals surface area (Å²) in [5.41, 5.74) is 0.0536. The van der Waals surface area contributed by atoms with Crippen molar-refractivity contribution in [1.29, 1.82) is 0 Å². The van der Waals surface area contributed by atoms with Crippen LogP contribution in [0.1, 0.15) is 38.8 Å². The average Bonchev–Trinajstić information content (AvgIpc) is 3.15. The van der Waals surface area contributed by atoms with E-state index in [1.54, 1.807) is 6.07 Å². The Morgan fingerprint density at radius 3 is 2.83 bits per heavy atom. The Labute approximate surface area is 141 Å². The third-order valence-corrected chi connectivity index (χ3v) is 4.12. The molecule has 2 aromatic rings.